The molecular weight excluding hydrogens is 353 g/mol. The number of hydrogen-bond donors (Lipinski definition) is 0. The summed E-state index contributed by atoms with van der Waals surface area (Å²) >= 11 is 1.29. The Bertz CT molecular complexity index is 760. The van der Waals surface area contributed by atoms with E-state index in [1.54, 1.807) is 23.4 Å². The molecule has 1 atom stereocenters. The zero-order chi connectivity index (χ0) is 18.0. The summed E-state index contributed by atoms with van der Waals surface area (Å²) in [6.45, 7) is 2.97. The molecule has 4 nitrogen and oxygen atoms in total. The minimum atomic E-state index is -4.37. The van der Waals surface area contributed by atoms with E-state index in [1.165, 1.54) is 17.4 Å². The van der Waals surface area contributed by atoms with Gasteiger partial charge in [-0.1, -0.05) is 18.2 Å². The van der Waals surface area contributed by atoms with E-state index in [0.717, 1.165) is 12.1 Å². The van der Waals surface area contributed by atoms with E-state index < -0.39 is 11.7 Å². The van der Waals surface area contributed by atoms with Crippen LogP contribution < -0.4 is 0 Å². The second-order valence-corrected chi connectivity index (χ2v) is 6.77. The van der Waals surface area contributed by atoms with Crippen molar-refractivity contribution >= 4 is 17.2 Å². The molecular formula is C17H17F3N2O2S. The van der Waals surface area contributed by atoms with Crippen LogP contribution in [0.2, 0.25) is 0 Å². The monoisotopic (exact) mass is 370 g/mol. The Labute approximate surface area is 147 Å². The summed E-state index contributed by atoms with van der Waals surface area (Å²) in [6, 6.07) is 5.22. The molecule has 0 aliphatic carbocycles. The van der Waals surface area contributed by atoms with Crippen LogP contribution in [-0.4, -0.2) is 41.6 Å². The summed E-state index contributed by atoms with van der Waals surface area (Å²) in [5, 5.41) is 0. The highest BCUT2D eigenvalue weighted by molar-refractivity contribution is 7.11. The molecule has 134 valence electrons. The number of hydrogen-bond acceptors (Lipinski definition) is 4. The fourth-order valence-corrected chi connectivity index (χ4v) is 3.59. The molecule has 3 rings (SSSR count). The number of amides is 1. The van der Waals surface area contributed by atoms with Crippen molar-refractivity contribution in [1.29, 1.82) is 0 Å². The van der Waals surface area contributed by atoms with Gasteiger partial charge in [0.1, 0.15) is 4.88 Å². The average Bonchev–Trinajstić information content (AvgIpc) is 3.00. The van der Waals surface area contributed by atoms with Gasteiger partial charge in [0, 0.05) is 19.5 Å². The molecule has 0 bridgehead atoms. The molecule has 1 amide bonds. The summed E-state index contributed by atoms with van der Waals surface area (Å²) in [5.41, 5.74) is 2.19. The number of rotatable bonds is 3. The van der Waals surface area contributed by atoms with E-state index >= 15 is 0 Å². The van der Waals surface area contributed by atoms with Crippen molar-refractivity contribution in [2.45, 2.75) is 25.6 Å². The first-order valence-corrected chi connectivity index (χ1v) is 8.69. The predicted octanol–water partition coefficient (Wildman–Crippen LogP) is 3.55. The lowest BCUT2D eigenvalue weighted by atomic mass is 10.0. The van der Waals surface area contributed by atoms with Crippen LogP contribution in [0.5, 0.6) is 0 Å². The highest BCUT2D eigenvalue weighted by atomic mass is 32.1. The van der Waals surface area contributed by atoms with Crippen molar-refractivity contribution in [3.05, 3.63) is 51.5 Å². The van der Waals surface area contributed by atoms with Gasteiger partial charge in [-0.3, -0.25) is 4.79 Å². The first-order valence-electron chi connectivity index (χ1n) is 7.81. The number of aromatic nitrogens is 1. The molecule has 2 aromatic rings. The number of thiazole rings is 1. The molecule has 1 aromatic heterocycles. The number of halogens is 3. The minimum Gasteiger partial charge on any atom is -0.374 e. The molecule has 1 aromatic carbocycles. The smallest absolute Gasteiger partial charge is 0.374 e. The van der Waals surface area contributed by atoms with Crippen LogP contribution >= 0.6 is 11.3 Å². The van der Waals surface area contributed by atoms with Gasteiger partial charge in [-0.05, 0) is 18.6 Å². The fraction of sp³-hybridized carbons (Fsp3) is 0.412. The molecule has 1 unspecified atom stereocenters. The van der Waals surface area contributed by atoms with Crippen molar-refractivity contribution in [2.75, 3.05) is 19.7 Å². The zero-order valence-corrected chi connectivity index (χ0v) is 14.4. The average molecular weight is 370 g/mol. The first kappa shape index (κ1) is 17.9. The van der Waals surface area contributed by atoms with Gasteiger partial charge in [0.05, 0.1) is 29.5 Å². The third kappa shape index (κ3) is 4.19. The third-order valence-corrected chi connectivity index (χ3v) is 5.00. The van der Waals surface area contributed by atoms with Crippen molar-refractivity contribution in [2.24, 2.45) is 0 Å². The highest BCUT2D eigenvalue weighted by Gasteiger charge is 2.31. The Hall–Kier alpha value is -1.93. The van der Waals surface area contributed by atoms with Gasteiger partial charge < -0.3 is 9.64 Å². The second kappa shape index (κ2) is 7.13. The van der Waals surface area contributed by atoms with Crippen LogP contribution in [0.25, 0.3) is 0 Å². The molecule has 0 N–H and O–H groups in total. The maximum Gasteiger partial charge on any atom is 0.416 e. The molecule has 1 fully saturated rings. The van der Waals surface area contributed by atoms with E-state index in [-0.39, 0.29) is 12.0 Å². The topological polar surface area (TPSA) is 42.4 Å². The van der Waals surface area contributed by atoms with Gasteiger partial charge in [0.25, 0.3) is 5.91 Å². The van der Waals surface area contributed by atoms with E-state index in [2.05, 4.69) is 4.98 Å². The lowest BCUT2D eigenvalue weighted by Crippen LogP contribution is -2.46. The molecule has 0 radical (unpaired) electrons. The number of ether oxygens (including phenoxy) is 1. The molecule has 25 heavy (non-hydrogen) atoms. The number of carbonyl (C=O) groups is 1. The van der Waals surface area contributed by atoms with Gasteiger partial charge in [-0.2, -0.15) is 13.2 Å². The molecule has 8 heteroatoms. The van der Waals surface area contributed by atoms with Crippen LogP contribution in [0, 0.1) is 6.92 Å². The largest absolute Gasteiger partial charge is 0.416 e. The Balaban J connectivity index is 1.68. The number of nitrogens with zero attached hydrogens (tertiary/aromatic N) is 2. The second-order valence-electron chi connectivity index (χ2n) is 5.91. The number of aryl methyl sites for hydroxylation is 1. The Morgan fingerprint density at radius 3 is 2.92 bits per heavy atom. The molecule has 1 aliphatic rings. The number of alkyl halides is 3. The van der Waals surface area contributed by atoms with E-state index in [1.807, 2.05) is 0 Å². The third-order valence-electron chi connectivity index (χ3n) is 4.08. The molecule has 2 heterocycles. The number of carbonyl (C=O) groups excluding carboxylic acids is 1. The van der Waals surface area contributed by atoms with Gasteiger partial charge in [-0.25, -0.2) is 4.98 Å². The standard InChI is InChI=1S/C17H17F3N2O2S/c1-11-15(25-10-21-11)16(23)22-5-6-24-14(9-22)8-12-3-2-4-13(7-12)17(18,19)20/h2-4,7,10,14H,5-6,8-9H2,1H3. The molecule has 0 saturated carbocycles. The van der Waals surface area contributed by atoms with Gasteiger partial charge in [0.15, 0.2) is 0 Å². The molecule has 1 saturated heterocycles. The lowest BCUT2D eigenvalue weighted by molar-refractivity contribution is -0.137. The maximum absolute atomic E-state index is 12.8. The highest BCUT2D eigenvalue weighted by Crippen LogP contribution is 2.30. The Morgan fingerprint density at radius 2 is 2.24 bits per heavy atom. The van der Waals surface area contributed by atoms with Gasteiger partial charge in [0.2, 0.25) is 0 Å². The Morgan fingerprint density at radius 1 is 1.44 bits per heavy atom. The summed E-state index contributed by atoms with van der Waals surface area (Å²) < 4.78 is 44.1. The molecule has 0 spiro atoms. The first-order chi connectivity index (χ1) is 11.8. The zero-order valence-electron chi connectivity index (χ0n) is 13.5. The summed E-state index contributed by atoms with van der Waals surface area (Å²) in [7, 11) is 0. The summed E-state index contributed by atoms with van der Waals surface area (Å²) in [6.07, 6.45) is -4.36. The van der Waals surface area contributed by atoms with Crippen LogP contribution in [-0.2, 0) is 17.3 Å². The fourth-order valence-electron chi connectivity index (χ4n) is 2.82. The van der Waals surface area contributed by atoms with Gasteiger partial charge in [-0.15, -0.1) is 11.3 Å². The van der Waals surface area contributed by atoms with Crippen LogP contribution in [0.15, 0.2) is 29.8 Å². The molecule has 1 aliphatic heterocycles. The number of benzene rings is 1. The van der Waals surface area contributed by atoms with Crippen LogP contribution in [0.3, 0.4) is 0 Å². The van der Waals surface area contributed by atoms with E-state index in [4.69, 9.17) is 4.74 Å². The SMILES string of the molecule is Cc1ncsc1C(=O)N1CCOC(Cc2cccc(C(F)(F)F)c2)C1. The van der Waals surface area contributed by atoms with Crippen LogP contribution in [0.4, 0.5) is 13.2 Å². The van der Waals surface area contributed by atoms with E-state index in [0.29, 0.717) is 42.3 Å². The van der Waals surface area contributed by atoms with Crippen molar-refractivity contribution < 1.29 is 22.7 Å². The maximum atomic E-state index is 12.8. The summed E-state index contributed by atoms with van der Waals surface area (Å²) in [5.74, 6) is -0.0997. The van der Waals surface area contributed by atoms with Crippen molar-refractivity contribution in [1.82, 2.24) is 9.88 Å². The van der Waals surface area contributed by atoms with E-state index in [9.17, 15) is 18.0 Å². The number of morpholine rings is 1. The normalized spacial score (nSPS) is 18.4. The predicted molar refractivity (Wildman–Crippen MR) is 87.6 cm³/mol. The van der Waals surface area contributed by atoms with Crippen molar-refractivity contribution in [3.8, 4) is 0 Å². The van der Waals surface area contributed by atoms with Crippen molar-refractivity contribution in [3.63, 3.8) is 0 Å². The Kier molecular flexibility index (Phi) is 5.10. The minimum absolute atomic E-state index is 0.0997. The quantitative estimate of drug-likeness (QED) is 0.830. The lowest BCUT2D eigenvalue weighted by Gasteiger charge is -2.33. The van der Waals surface area contributed by atoms with Gasteiger partial charge >= 0.3 is 6.18 Å². The van der Waals surface area contributed by atoms with Crippen LogP contribution in [0.1, 0.15) is 26.5 Å². The summed E-state index contributed by atoms with van der Waals surface area (Å²) in [4.78, 5) is 18.9.